The lowest BCUT2D eigenvalue weighted by Crippen LogP contribution is -1.81. The SMILES string of the molecule is CCCCCCC.O=[N+]([O-])O.O=[N+]([O-])O. The monoisotopic (exact) mass is 226 g/mol. The maximum Gasteiger partial charge on any atom is 0.291 e. The first-order valence-electron chi connectivity index (χ1n) is 4.54. The Balaban J connectivity index is -0.000000155. The van der Waals surface area contributed by atoms with Crippen molar-refractivity contribution < 1.29 is 20.6 Å². The molecule has 0 aromatic rings. The Morgan fingerprint density at radius 3 is 1.20 bits per heavy atom. The summed E-state index contributed by atoms with van der Waals surface area (Å²) in [6.45, 7) is 4.49. The third-order valence-electron chi connectivity index (χ3n) is 1.21. The highest BCUT2D eigenvalue weighted by atomic mass is 16.9. The van der Waals surface area contributed by atoms with E-state index in [0.29, 0.717) is 0 Å². The van der Waals surface area contributed by atoms with Gasteiger partial charge in [0.05, 0.1) is 0 Å². The lowest BCUT2D eigenvalue weighted by Gasteiger charge is -1.90. The zero-order valence-electron chi connectivity index (χ0n) is 8.96. The molecule has 2 N–H and O–H groups in total. The Bertz CT molecular complexity index is 128. The van der Waals surface area contributed by atoms with E-state index >= 15 is 0 Å². The normalized spacial score (nSPS) is 7.60. The van der Waals surface area contributed by atoms with E-state index in [1.165, 1.54) is 32.1 Å². The second kappa shape index (κ2) is 18.2. The first-order chi connectivity index (χ1) is 6.88. The number of hydrogen-bond donors (Lipinski definition) is 2. The van der Waals surface area contributed by atoms with Gasteiger partial charge in [-0.25, -0.2) is 0 Å². The molecule has 15 heavy (non-hydrogen) atoms. The zero-order chi connectivity index (χ0) is 12.7. The van der Waals surface area contributed by atoms with Crippen molar-refractivity contribution in [2.45, 2.75) is 46.0 Å². The average Bonchev–Trinajstić information content (AvgIpc) is 2.03. The van der Waals surface area contributed by atoms with Crippen molar-refractivity contribution in [3.63, 3.8) is 0 Å². The fourth-order valence-corrected chi connectivity index (χ4v) is 0.677. The van der Waals surface area contributed by atoms with Crippen LogP contribution in [0.5, 0.6) is 0 Å². The molecule has 0 spiro atoms. The Morgan fingerprint density at radius 1 is 0.867 bits per heavy atom. The van der Waals surface area contributed by atoms with Crippen LogP contribution >= 0.6 is 0 Å². The summed E-state index contributed by atoms with van der Waals surface area (Å²) in [5.74, 6) is 0. The molecule has 0 saturated heterocycles. The Labute approximate surface area is 87.7 Å². The van der Waals surface area contributed by atoms with Crippen molar-refractivity contribution in [1.29, 1.82) is 0 Å². The Morgan fingerprint density at radius 2 is 1.07 bits per heavy atom. The van der Waals surface area contributed by atoms with Crippen LogP contribution in [0.25, 0.3) is 0 Å². The highest BCUT2D eigenvalue weighted by Gasteiger charge is 1.80. The smallest absolute Gasteiger partial charge is 0.291 e. The van der Waals surface area contributed by atoms with Gasteiger partial charge in [0, 0.05) is 0 Å². The summed E-state index contributed by atoms with van der Waals surface area (Å²) < 4.78 is 0. The maximum absolute atomic E-state index is 8.36. The van der Waals surface area contributed by atoms with Gasteiger partial charge in [0.2, 0.25) is 0 Å². The van der Waals surface area contributed by atoms with Crippen molar-refractivity contribution in [2.24, 2.45) is 0 Å². The molecule has 0 aliphatic rings. The predicted octanol–water partition coefficient (Wildman–Crippen LogP) is 2.28. The number of unbranched alkanes of at least 4 members (excludes halogenated alkanes) is 4. The van der Waals surface area contributed by atoms with Crippen LogP contribution in [-0.2, 0) is 0 Å². The van der Waals surface area contributed by atoms with Gasteiger partial charge < -0.3 is 10.4 Å². The summed E-state index contributed by atoms with van der Waals surface area (Å²) in [5, 5.41) is 27.3. The highest BCUT2D eigenvalue weighted by molar-refractivity contribution is 4.35. The fraction of sp³-hybridized carbons (Fsp3) is 1.00. The zero-order valence-corrected chi connectivity index (χ0v) is 8.96. The van der Waals surface area contributed by atoms with Crippen molar-refractivity contribution in [3.8, 4) is 0 Å². The van der Waals surface area contributed by atoms with Gasteiger partial charge in [0.1, 0.15) is 0 Å². The largest absolute Gasteiger partial charge is 0.328 e. The van der Waals surface area contributed by atoms with E-state index in [0.717, 1.165) is 0 Å². The van der Waals surface area contributed by atoms with Crippen molar-refractivity contribution in [3.05, 3.63) is 20.2 Å². The van der Waals surface area contributed by atoms with Crippen LogP contribution in [0.3, 0.4) is 0 Å². The number of hydrogen-bond acceptors (Lipinski definition) is 4. The molecule has 0 aromatic heterocycles. The van der Waals surface area contributed by atoms with Crippen LogP contribution in [0.4, 0.5) is 0 Å². The third kappa shape index (κ3) is 233. The maximum atomic E-state index is 8.36. The van der Waals surface area contributed by atoms with Crippen LogP contribution in [0.15, 0.2) is 0 Å². The van der Waals surface area contributed by atoms with Crippen molar-refractivity contribution >= 4 is 0 Å². The lowest BCUT2D eigenvalue weighted by molar-refractivity contribution is -0.742. The summed E-state index contributed by atoms with van der Waals surface area (Å²) in [5.41, 5.74) is 0. The number of nitrogens with zero attached hydrogens (tertiary/aromatic N) is 2. The Kier molecular flexibility index (Phi) is 23.2. The van der Waals surface area contributed by atoms with Crippen LogP contribution in [0, 0.1) is 20.2 Å². The molecule has 0 amide bonds. The molecule has 0 saturated carbocycles. The second-order valence-corrected chi connectivity index (χ2v) is 2.54. The summed E-state index contributed by atoms with van der Waals surface area (Å²) >= 11 is 0. The van der Waals surface area contributed by atoms with Crippen molar-refractivity contribution in [1.82, 2.24) is 0 Å². The highest BCUT2D eigenvalue weighted by Crippen LogP contribution is 2.00. The van der Waals surface area contributed by atoms with E-state index in [1.807, 2.05) is 0 Å². The van der Waals surface area contributed by atoms with Gasteiger partial charge in [-0.05, 0) is 0 Å². The molecule has 8 heteroatoms. The van der Waals surface area contributed by atoms with E-state index < -0.39 is 10.2 Å². The van der Waals surface area contributed by atoms with Crippen molar-refractivity contribution in [2.75, 3.05) is 0 Å². The standard InChI is InChI=1S/C7H16.2HNO3/c1-3-5-7-6-4-2;2*2-1(3)4/h3-7H2,1-2H3;2*(H,2,3,4). The van der Waals surface area contributed by atoms with Gasteiger partial charge in [-0.15, -0.1) is 20.2 Å². The molecule has 0 aliphatic carbocycles. The molecule has 0 bridgehead atoms. The molecule has 0 radical (unpaired) electrons. The molecule has 8 nitrogen and oxygen atoms in total. The summed E-state index contributed by atoms with van der Waals surface area (Å²) in [6.07, 6.45) is 7.01. The molecule has 0 heterocycles. The molecular formula is C7H18N2O6. The van der Waals surface area contributed by atoms with E-state index in [-0.39, 0.29) is 0 Å². The molecule has 0 unspecified atom stereocenters. The lowest BCUT2D eigenvalue weighted by atomic mass is 10.2. The van der Waals surface area contributed by atoms with Crippen LogP contribution < -0.4 is 0 Å². The molecule has 92 valence electrons. The molecule has 0 aromatic carbocycles. The molecular weight excluding hydrogens is 208 g/mol. The van der Waals surface area contributed by atoms with Crippen LogP contribution in [-0.4, -0.2) is 20.6 Å². The minimum Gasteiger partial charge on any atom is -0.328 e. The number of rotatable bonds is 4. The van der Waals surface area contributed by atoms with Gasteiger partial charge in [-0.1, -0.05) is 46.0 Å². The van der Waals surface area contributed by atoms with E-state index in [9.17, 15) is 0 Å². The molecule has 0 aliphatic heterocycles. The summed E-state index contributed by atoms with van der Waals surface area (Å²) in [4.78, 5) is 16.7. The Hall–Kier alpha value is -1.60. The van der Waals surface area contributed by atoms with Crippen LogP contribution in [0.1, 0.15) is 46.0 Å². The fourth-order valence-electron chi connectivity index (χ4n) is 0.677. The van der Waals surface area contributed by atoms with Gasteiger partial charge in [0.25, 0.3) is 10.2 Å². The molecule has 0 rings (SSSR count). The van der Waals surface area contributed by atoms with Gasteiger partial charge >= 0.3 is 0 Å². The quantitative estimate of drug-likeness (QED) is 0.430. The first-order valence-corrected chi connectivity index (χ1v) is 4.54. The predicted molar refractivity (Wildman–Crippen MR) is 52.0 cm³/mol. The average molecular weight is 226 g/mol. The topological polar surface area (TPSA) is 127 Å². The second-order valence-electron chi connectivity index (χ2n) is 2.54. The van der Waals surface area contributed by atoms with Gasteiger partial charge in [-0.3, -0.25) is 0 Å². The molecule has 0 atom stereocenters. The summed E-state index contributed by atoms with van der Waals surface area (Å²) in [7, 11) is 0. The minimum atomic E-state index is -1.50. The third-order valence-corrected chi connectivity index (χ3v) is 1.21. The van der Waals surface area contributed by atoms with Gasteiger partial charge in [0.15, 0.2) is 0 Å². The van der Waals surface area contributed by atoms with E-state index in [1.54, 1.807) is 0 Å². The van der Waals surface area contributed by atoms with Crippen LogP contribution in [0.2, 0.25) is 0 Å². The molecule has 0 fully saturated rings. The van der Waals surface area contributed by atoms with E-state index in [2.05, 4.69) is 13.8 Å². The van der Waals surface area contributed by atoms with Gasteiger partial charge in [-0.2, -0.15) is 0 Å². The summed E-state index contributed by atoms with van der Waals surface area (Å²) in [6, 6.07) is 0. The van der Waals surface area contributed by atoms with E-state index in [4.69, 9.17) is 30.6 Å². The first kappa shape index (κ1) is 19.0. The minimum absolute atomic E-state index is 1.36.